The Hall–Kier alpha value is -1.36. The molecule has 0 aliphatic heterocycles. The second-order valence-corrected chi connectivity index (χ2v) is 2.59. The van der Waals surface area contributed by atoms with Gasteiger partial charge < -0.3 is 9.15 Å². The van der Waals surface area contributed by atoms with Crippen LogP contribution in [0.1, 0.15) is 12.7 Å². The van der Waals surface area contributed by atoms with Crippen molar-refractivity contribution in [3.8, 4) is 0 Å². The molecule has 0 spiro atoms. The van der Waals surface area contributed by atoms with E-state index in [-0.39, 0.29) is 12.0 Å². The van der Waals surface area contributed by atoms with Gasteiger partial charge >= 0.3 is 5.97 Å². The van der Waals surface area contributed by atoms with E-state index in [4.69, 9.17) is 4.42 Å². The lowest BCUT2D eigenvalue weighted by Crippen LogP contribution is -2.34. The van der Waals surface area contributed by atoms with Crippen molar-refractivity contribution in [1.29, 1.82) is 0 Å². The van der Waals surface area contributed by atoms with Gasteiger partial charge in [0.15, 0.2) is 6.39 Å². The van der Waals surface area contributed by atoms with Gasteiger partial charge in [-0.05, 0) is 6.92 Å². The third kappa shape index (κ3) is 2.87. The first-order valence-corrected chi connectivity index (χ1v) is 3.92. The minimum Gasteiger partial charge on any atom is -0.468 e. The fourth-order valence-electron chi connectivity index (χ4n) is 0.843. The number of hydrogen-bond donors (Lipinski definition) is 1. The largest absolute Gasteiger partial charge is 0.468 e. The molecule has 1 N–H and O–H groups in total. The Morgan fingerprint density at radius 3 is 3.15 bits per heavy atom. The second-order valence-electron chi connectivity index (χ2n) is 2.59. The number of hydrogen-bond acceptors (Lipinski definition) is 5. The first-order valence-electron chi connectivity index (χ1n) is 3.92. The number of rotatable bonds is 4. The Labute approximate surface area is 76.1 Å². The van der Waals surface area contributed by atoms with Crippen LogP contribution in [0.4, 0.5) is 0 Å². The molecular formula is C8H12N2O3. The molecule has 1 aromatic heterocycles. The molecule has 1 atom stereocenters. The van der Waals surface area contributed by atoms with Crippen LogP contribution in [-0.2, 0) is 16.1 Å². The minimum absolute atomic E-state index is 0.292. The molecule has 0 aliphatic carbocycles. The van der Waals surface area contributed by atoms with Gasteiger partial charge in [0.2, 0.25) is 0 Å². The topological polar surface area (TPSA) is 64.4 Å². The Balaban J connectivity index is 2.30. The van der Waals surface area contributed by atoms with Crippen molar-refractivity contribution in [2.24, 2.45) is 0 Å². The van der Waals surface area contributed by atoms with Crippen molar-refractivity contribution in [3.63, 3.8) is 0 Å². The normalized spacial score (nSPS) is 12.5. The van der Waals surface area contributed by atoms with E-state index >= 15 is 0 Å². The Morgan fingerprint density at radius 2 is 2.62 bits per heavy atom. The molecule has 1 heterocycles. The molecule has 5 nitrogen and oxygen atoms in total. The van der Waals surface area contributed by atoms with E-state index in [1.54, 1.807) is 13.1 Å². The highest BCUT2D eigenvalue weighted by atomic mass is 16.5. The lowest BCUT2D eigenvalue weighted by atomic mass is 10.3. The number of oxazole rings is 1. The highest BCUT2D eigenvalue weighted by Gasteiger charge is 2.12. The van der Waals surface area contributed by atoms with Crippen molar-refractivity contribution in [2.75, 3.05) is 7.11 Å². The number of carbonyl (C=O) groups excluding carboxylic acids is 1. The maximum absolute atomic E-state index is 10.9. The Bertz CT molecular complexity index is 258. The number of ether oxygens (including phenoxy) is 1. The monoisotopic (exact) mass is 184 g/mol. The molecule has 0 fully saturated rings. The number of carbonyl (C=O) groups is 1. The van der Waals surface area contributed by atoms with E-state index in [1.807, 2.05) is 0 Å². The number of nitrogens with zero attached hydrogens (tertiary/aromatic N) is 1. The van der Waals surface area contributed by atoms with E-state index in [1.165, 1.54) is 13.5 Å². The smallest absolute Gasteiger partial charge is 0.322 e. The molecule has 1 aromatic rings. The van der Waals surface area contributed by atoms with Gasteiger partial charge in [0, 0.05) is 0 Å². The molecular weight excluding hydrogens is 172 g/mol. The van der Waals surface area contributed by atoms with Crippen molar-refractivity contribution in [2.45, 2.75) is 19.5 Å². The lowest BCUT2D eigenvalue weighted by Gasteiger charge is -2.09. The van der Waals surface area contributed by atoms with Crippen molar-refractivity contribution < 1.29 is 13.9 Å². The summed E-state index contributed by atoms with van der Waals surface area (Å²) in [7, 11) is 1.36. The minimum atomic E-state index is -0.338. The molecule has 0 aliphatic rings. The third-order valence-corrected chi connectivity index (χ3v) is 1.62. The summed E-state index contributed by atoms with van der Waals surface area (Å²) >= 11 is 0. The van der Waals surface area contributed by atoms with Gasteiger partial charge in [0.05, 0.1) is 19.9 Å². The molecule has 0 saturated heterocycles. The van der Waals surface area contributed by atoms with Gasteiger partial charge in [-0.1, -0.05) is 0 Å². The van der Waals surface area contributed by atoms with Crippen LogP contribution in [0.3, 0.4) is 0 Å². The summed E-state index contributed by atoms with van der Waals surface area (Å²) in [5.74, 6) is 0.398. The van der Waals surface area contributed by atoms with Crippen molar-refractivity contribution in [3.05, 3.63) is 18.4 Å². The van der Waals surface area contributed by atoms with E-state index in [9.17, 15) is 4.79 Å². The summed E-state index contributed by atoms with van der Waals surface area (Å²) < 4.78 is 9.51. The highest BCUT2D eigenvalue weighted by molar-refractivity contribution is 5.74. The van der Waals surface area contributed by atoms with Crippen LogP contribution in [0.15, 0.2) is 17.0 Å². The van der Waals surface area contributed by atoms with Gasteiger partial charge in [-0.3, -0.25) is 10.1 Å². The van der Waals surface area contributed by atoms with Gasteiger partial charge in [0.25, 0.3) is 0 Å². The quantitative estimate of drug-likeness (QED) is 0.683. The van der Waals surface area contributed by atoms with Crippen LogP contribution in [0.5, 0.6) is 0 Å². The molecule has 0 radical (unpaired) electrons. The van der Waals surface area contributed by atoms with E-state index in [2.05, 4.69) is 15.0 Å². The van der Waals surface area contributed by atoms with Crippen LogP contribution in [0, 0.1) is 0 Å². The number of esters is 1. The van der Waals surface area contributed by atoms with E-state index in [0.717, 1.165) is 0 Å². The van der Waals surface area contributed by atoms with Crippen molar-refractivity contribution in [1.82, 2.24) is 10.3 Å². The second kappa shape index (κ2) is 4.61. The molecule has 13 heavy (non-hydrogen) atoms. The highest BCUT2D eigenvalue weighted by Crippen LogP contribution is 1.96. The average molecular weight is 184 g/mol. The zero-order valence-corrected chi connectivity index (χ0v) is 7.61. The van der Waals surface area contributed by atoms with Crippen LogP contribution in [-0.4, -0.2) is 24.1 Å². The van der Waals surface area contributed by atoms with Gasteiger partial charge in [0.1, 0.15) is 11.8 Å². The SMILES string of the molecule is COC(=O)[C@H](C)NCc1cnco1. The molecule has 72 valence electrons. The van der Waals surface area contributed by atoms with Gasteiger partial charge in [-0.2, -0.15) is 0 Å². The van der Waals surface area contributed by atoms with Crippen LogP contribution in [0.2, 0.25) is 0 Å². The van der Waals surface area contributed by atoms with Crippen molar-refractivity contribution >= 4 is 5.97 Å². The van der Waals surface area contributed by atoms with E-state index < -0.39 is 0 Å². The molecule has 5 heteroatoms. The van der Waals surface area contributed by atoms with E-state index in [0.29, 0.717) is 12.3 Å². The first kappa shape index (κ1) is 9.73. The fourth-order valence-corrected chi connectivity index (χ4v) is 0.843. The summed E-state index contributed by atoms with van der Waals surface area (Å²) in [6.07, 6.45) is 2.94. The number of nitrogens with one attached hydrogen (secondary N) is 1. The predicted octanol–water partition coefficient (Wildman–Crippen LogP) is 0.326. The lowest BCUT2D eigenvalue weighted by molar-refractivity contribution is -0.142. The van der Waals surface area contributed by atoms with Gasteiger partial charge in [-0.25, -0.2) is 4.98 Å². The summed E-state index contributed by atoms with van der Waals surface area (Å²) in [5.41, 5.74) is 0. The average Bonchev–Trinajstić information content (AvgIpc) is 2.65. The first-order chi connectivity index (χ1) is 6.24. The summed E-state index contributed by atoms with van der Waals surface area (Å²) in [4.78, 5) is 14.7. The molecule has 0 bridgehead atoms. The molecule has 0 unspecified atom stereocenters. The number of methoxy groups -OCH3 is 1. The molecule has 0 aromatic carbocycles. The fraction of sp³-hybridized carbons (Fsp3) is 0.500. The summed E-state index contributed by atoms with van der Waals surface area (Å²) in [6, 6.07) is -0.338. The molecule has 0 saturated carbocycles. The summed E-state index contributed by atoms with van der Waals surface area (Å²) in [5, 5.41) is 2.93. The zero-order valence-electron chi connectivity index (χ0n) is 7.61. The maximum Gasteiger partial charge on any atom is 0.322 e. The Kier molecular flexibility index (Phi) is 3.45. The summed E-state index contributed by atoms with van der Waals surface area (Å²) in [6.45, 7) is 2.19. The zero-order chi connectivity index (χ0) is 9.68. The predicted molar refractivity (Wildman–Crippen MR) is 44.8 cm³/mol. The van der Waals surface area contributed by atoms with Crippen LogP contribution in [0.25, 0.3) is 0 Å². The maximum atomic E-state index is 10.9. The van der Waals surface area contributed by atoms with Crippen LogP contribution < -0.4 is 5.32 Å². The standard InChI is InChI=1S/C8H12N2O3/c1-6(8(11)12-2)10-4-7-3-9-5-13-7/h3,5-6,10H,4H2,1-2H3/t6-/m0/s1. The molecule has 1 rings (SSSR count). The number of aromatic nitrogens is 1. The third-order valence-electron chi connectivity index (χ3n) is 1.62. The molecule has 0 amide bonds. The van der Waals surface area contributed by atoms with Crippen LogP contribution >= 0.6 is 0 Å². The Morgan fingerprint density at radius 1 is 1.85 bits per heavy atom. The van der Waals surface area contributed by atoms with Gasteiger partial charge in [-0.15, -0.1) is 0 Å².